The molecule has 0 bridgehead atoms. The van der Waals surface area contributed by atoms with E-state index in [0.29, 0.717) is 6.61 Å². The Hall–Kier alpha value is -1.71. The standard InChI is InChI=1S/C14H20N2O2/c1-3-18-14(17)16-10-8-15(9-11-16)13-7-5-4-6-12(13)2/h4-7H,3,8-11H2,1-2H3. The highest BCUT2D eigenvalue weighted by Gasteiger charge is 2.22. The molecule has 4 heteroatoms. The normalized spacial score (nSPS) is 15.7. The molecule has 1 aliphatic heterocycles. The Morgan fingerprint density at radius 1 is 1.22 bits per heavy atom. The molecule has 1 saturated heterocycles. The summed E-state index contributed by atoms with van der Waals surface area (Å²) in [5, 5.41) is 0. The molecule has 1 heterocycles. The Kier molecular flexibility index (Phi) is 4.07. The molecule has 0 spiro atoms. The van der Waals surface area contributed by atoms with Crippen LogP contribution in [0.1, 0.15) is 12.5 Å². The zero-order valence-corrected chi connectivity index (χ0v) is 11.1. The Morgan fingerprint density at radius 3 is 2.50 bits per heavy atom. The number of nitrogens with zero attached hydrogens (tertiary/aromatic N) is 2. The van der Waals surface area contributed by atoms with E-state index < -0.39 is 0 Å². The van der Waals surface area contributed by atoms with Crippen LogP contribution in [0, 0.1) is 6.92 Å². The second-order valence-electron chi connectivity index (χ2n) is 4.46. The predicted molar refractivity (Wildman–Crippen MR) is 72.0 cm³/mol. The van der Waals surface area contributed by atoms with Gasteiger partial charge in [0.2, 0.25) is 0 Å². The van der Waals surface area contributed by atoms with E-state index >= 15 is 0 Å². The molecule has 1 aromatic rings. The quantitative estimate of drug-likeness (QED) is 0.805. The summed E-state index contributed by atoms with van der Waals surface area (Å²) < 4.78 is 5.01. The van der Waals surface area contributed by atoms with Crippen molar-refractivity contribution >= 4 is 11.8 Å². The van der Waals surface area contributed by atoms with Crippen LogP contribution < -0.4 is 4.90 Å². The van der Waals surface area contributed by atoms with Crippen molar-refractivity contribution in [3.63, 3.8) is 0 Å². The van der Waals surface area contributed by atoms with Gasteiger partial charge in [0.15, 0.2) is 0 Å². The highest BCUT2D eigenvalue weighted by atomic mass is 16.6. The molecule has 1 aromatic carbocycles. The smallest absolute Gasteiger partial charge is 0.409 e. The summed E-state index contributed by atoms with van der Waals surface area (Å²) in [4.78, 5) is 15.7. The lowest BCUT2D eigenvalue weighted by Gasteiger charge is -2.36. The molecular weight excluding hydrogens is 228 g/mol. The van der Waals surface area contributed by atoms with Gasteiger partial charge in [-0.05, 0) is 25.5 Å². The molecule has 18 heavy (non-hydrogen) atoms. The number of para-hydroxylation sites is 1. The van der Waals surface area contributed by atoms with E-state index in [-0.39, 0.29) is 6.09 Å². The van der Waals surface area contributed by atoms with Gasteiger partial charge in [0.1, 0.15) is 0 Å². The molecule has 0 unspecified atom stereocenters. The zero-order chi connectivity index (χ0) is 13.0. The van der Waals surface area contributed by atoms with Crippen molar-refractivity contribution in [1.82, 2.24) is 4.90 Å². The number of carbonyl (C=O) groups is 1. The largest absolute Gasteiger partial charge is 0.450 e. The Balaban J connectivity index is 1.95. The minimum Gasteiger partial charge on any atom is -0.450 e. The number of anilines is 1. The lowest BCUT2D eigenvalue weighted by atomic mass is 10.1. The third kappa shape index (κ3) is 2.75. The molecule has 0 N–H and O–H groups in total. The molecule has 2 rings (SSSR count). The van der Waals surface area contributed by atoms with E-state index in [1.54, 1.807) is 4.90 Å². The molecule has 0 aromatic heterocycles. The van der Waals surface area contributed by atoms with Gasteiger partial charge in [-0.25, -0.2) is 4.79 Å². The first-order chi connectivity index (χ1) is 8.72. The van der Waals surface area contributed by atoms with Crippen LogP contribution in [0.5, 0.6) is 0 Å². The van der Waals surface area contributed by atoms with E-state index in [1.807, 2.05) is 13.0 Å². The van der Waals surface area contributed by atoms with Gasteiger partial charge in [-0.15, -0.1) is 0 Å². The van der Waals surface area contributed by atoms with Crippen molar-refractivity contribution in [2.75, 3.05) is 37.7 Å². The highest BCUT2D eigenvalue weighted by molar-refractivity contribution is 5.68. The van der Waals surface area contributed by atoms with Crippen molar-refractivity contribution in [3.05, 3.63) is 29.8 Å². The second kappa shape index (κ2) is 5.76. The van der Waals surface area contributed by atoms with Gasteiger partial charge in [0.25, 0.3) is 0 Å². The first-order valence-corrected chi connectivity index (χ1v) is 6.44. The highest BCUT2D eigenvalue weighted by Crippen LogP contribution is 2.20. The number of benzene rings is 1. The van der Waals surface area contributed by atoms with E-state index in [4.69, 9.17) is 4.74 Å². The molecular formula is C14H20N2O2. The second-order valence-corrected chi connectivity index (χ2v) is 4.46. The number of amides is 1. The first-order valence-electron chi connectivity index (χ1n) is 6.44. The minimum absolute atomic E-state index is 0.193. The summed E-state index contributed by atoms with van der Waals surface area (Å²) in [5.41, 5.74) is 2.54. The summed E-state index contributed by atoms with van der Waals surface area (Å²) in [5.74, 6) is 0. The van der Waals surface area contributed by atoms with Gasteiger partial charge in [-0.2, -0.15) is 0 Å². The van der Waals surface area contributed by atoms with Crippen molar-refractivity contribution in [3.8, 4) is 0 Å². The van der Waals surface area contributed by atoms with Crippen molar-refractivity contribution < 1.29 is 9.53 Å². The van der Waals surface area contributed by atoms with Gasteiger partial charge >= 0.3 is 6.09 Å². The molecule has 0 radical (unpaired) electrons. The maximum atomic E-state index is 11.6. The summed E-state index contributed by atoms with van der Waals surface area (Å²) >= 11 is 0. The lowest BCUT2D eigenvalue weighted by molar-refractivity contribution is 0.105. The van der Waals surface area contributed by atoms with Crippen LogP contribution in [0.15, 0.2) is 24.3 Å². The Labute approximate surface area is 108 Å². The molecule has 0 atom stereocenters. The molecule has 0 aliphatic carbocycles. The number of ether oxygens (including phenoxy) is 1. The van der Waals surface area contributed by atoms with Crippen LogP contribution in [0.4, 0.5) is 10.5 Å². The molecule has 1 fully saturated rings. The number of piperazine rings is 1. The van der Waals surface area contributed by atoms with Gasteiger partial charge < -0.3 is 14.5 Å². The number of carbonyl (C=O) groups excluding carboxylic acids is 1. The topological polar surface area (TPSA) is 32.8 Å². The van der Waals surface area contributed by atoms with Crippen LogP contribution in [-0.2, 0) is 4.74 Å². The summed E-state index contributed by atoms with van der Waals surface area (Å²) in [6.45, 7) is 7.58. The Morgan fingerprint density at radius 2 is 1.89 bits per heavy atom. The average molecular weight is 248 g/mol. The van der Waals surface area contributed by atoms with Crippen LogP contribution in [0.3, 0.4) is 0 Å². The molecule has 0 saturated carbocycles. The zero-order valence-electron chi connectivity index (χ0n) is 11.1. The predicted octanol–water partition coefficient (Wildman–Crippen LogP) is 2.27. The summed E-state index contributed by atoms with van der Waals surface area (Å²) in [6.07, 6.45) is -0.193. The van der Waals surface area contributed by atoms with E-state index in [2.05, 4.69) is 30.0 Å². The number of aryl methyl sites for hydroxylation is 1. The number of hydrogen-bond donors (Lipinski definition) is 0. The third-order valence-electron chi connectivity index (χ3n) is 3.26. The van der Waals surface area contributed by atoms with E-state index in [0.717, 1.165) is 26.2 Å². The Bertz CT molecular complexity index is 412. The summed E-state index contributed by atoms with van der Waals surface area (Å²) in [6, 6.07) is 8.36. The summed E-state index contributed by atoms with van der Waals surface area (Å²) in [7, 11) is 0. The number of hydrogen-bond acceptors (Lipinski definition) is 3. The van der Waals surface area contributed by atoms with Crippen molar-refractivity contribution in [2.45, 2.75) is 13.8 Å². The number of rotatable bonds is 2. The maximum absolute atomic E-state index is 11.6. The molecule has 4 nitrogen and oxygen atoms in total. The van der Waals surface area contributed by atoms with Gasteiger partial charge in [0, 0.05) is 31.9 Å². The monoisotopic (exact) mass is 248 g/mol. The fraction of sp³-hybridized carbons (Fsp3) is 0.500. The van der Waals surface area contributed by atoms with Crippen molar-refractivity contribution in [1.29, 1.82) is 0 Å². The maximum Gasteiger partial charge on any atom is 0.409 e. The van der Waals surface area contributed by atoms with Gasteiger partial charge in [-0.1, -0.05) is 18.2 Å². The molecule has 1 aliphatic rings. The van der Waals surface area contributed by atoms with Crippen LogP contribution in [-0.4, -0.2) is 43.8 Å². The lowest BCUT2D eigenvalue weighted by Crippen LogP contribution is -2.49. The fourth-order valence-corrected chi connectivity index (χ4v) is 2.26. The minimum atomic E-state index is -0.193. The van der Waals surface area contributed by atoms with E-state index in [9.17, 15) is 4.79 Å². The van der Waals surface area contributed by atoms with Crippen molar-refractivity contribution in [2.24, 2.45) is 0 Å². The van der Waals surface area contributed by atoms with Crippen LogP contribution in [0.2, 0.25) is 0 Å². The van der Waals surface area contributed by atoms with Gasteiger partial charge in [-0.3, -0.25) is 0 Å². The van der Waals surface area contributed by atoms with Crippen LogP contribution in [0.25, 0.3) is 0 Å². The molecule has 98 valence electrons. The van der Waals surface area contributed by atoms with Crippen LogP contribution >= 0.6 is 0 Å². The molecule has 1 amide bonds. The van der Waals surface area contributed by atoms with E-state index in [1.165, 1.54) is 11.3 Å². The first kappa shape index (κ1) is 12.7. The fourth-order valence-electron chi connectivity index (χ4n) is 2.26. The SMILES string of the molecule is CCOC(=O)N1CCN(c2ccccc2C)CC1. The van der Waals surface area contributed by atoms with Gasteiger partial charge in [0.05, 0.1) is 6.61 Å². The third-order valence-corrected chi connectivity index (χ3v) is 3.26. The average Bonchev–Trinajstić information content (AvgIpc) is 2.40.